The Morgan fingerprint density at radius 1 is 1.00 bits per heavy atom. The Morgan fingerprint density at radius 3 is 2.39 bits per heavy atom. The maximum atomic E-state index is 8.53. The van der Waals surface area contributed by atoms with Gasteiger partial charge in [-0.2, -0.15) is 0 Å². The van der Waals surface area contributed by atoms with Crippen LogP contribution in [0.2, 0.25) is 5.15 Å². The van der Waals surface area contributed by atoms with Crippen LogP contribution in [0.4, 0.5) is 0 Å². The summed E-state index contributed by atoms with van der Waals surface area (Å²) in [7, 11) is 0. The van der Waals surface area contributed by atoms with Gasteiger partial charge in [0.2, 0.25) is 0 Å². The van der Waals surface area contributed by atoms with Gasteiger partial charge in [0.15, 0.2) is 0 Å². The SMILES string of the molecule is [3H]c1c([3H])c(C([3H])([3H])C([3H])c2cc(-c3ccccc3)cc(Cl)n2)c([3H])c([3H])c1CN. The summed E-state index contributed by atoms with van der Waals surface area (Å²) in [6.45, 7) is -0.209. The van der Waals surface area contributed by atoms with E-state index in [1.807, 2.05) is 30.3 Å². The molecule has 0 aliphatic heterocycles. The van der Waals surface area contributed by atoms with Gasteiger partial charge in [-0.1, -0.05) is 66.1 Å². The molecule has 2 N–H and O–H groups in total. The topological polar surface area (TPSA) is 38.9 Å². The zero-order chi connectivity index (χ0) is 22.2. The van der Waals surface area contributed by atoms with Crippen LogP contribution >= 0.6 is 11.6 Å². The monoisotopic (exact) mass is 336 g/mol. The second kappa shape index (κ2) is 7.40. The first-order valence-corrected chi connectivity index (χ1v) is 7.42. The Bertz CT molecular complexity index is 1060. The van der Waals surface area contributed by atoms with Crippen LogP contribution in [0.5, 0.6) is 0 Å². The van der Waals surface area contributed by atoms with Gasteiger partial charge in [0.05, 0.1) is 5.48 Å². The number of rotatable bonds is 5. The average molecular weight is 337 g/mol. The predicted octanol–water partition coefficient (Wildman–Crippen LogP) is 4.65. The van der Waals surface area contributed by atoms with E-state index in [0.717, 1.165) is 5.56 Å². The van der Waals surface area contributed by atoms with E-state index in [1.54, 1.807) is 12.1 Å². The smallest absolute Gasteiger partial charge is 0.129 e. The molecule has 1 unspecified atom stereocenters. The summed E-state index contributed by atoms with van der Waals surface area (Å²) >= 11 is 6.13. The fourth-order valence-corrected chi connectivity index (χ4v) is 2.26. The standard InChI is InChI=1S/C20H19ClN2/c21-20-13-18(17-4-2-1-3-5-17)12-19(23-20)11-10-15-6-8-16(14-22)9-7-15/h1-9,12-13H,10-11,14,22H2/i6T,7T,8T,9T,10T2,11T. The molecule has 3 rings (SSSR count). The van der Waals surface area contributed by atoms with Gasteiger partial charge in [-0.15, -0.1) is 0 Å². The Balaban J connectivity index is 2.14. The fourth-order valence-electron chi connectivity index (χ4n) is 2.05. The van der Waals surface area contributed by atoms with Crippen LogP contribution in [-0.2, 0) is 19.3 Å². The van der Waals surface area contributed by atoms with E-state index >= 15 is 0 Å². The quantitative estimate of drug-likeness (QED) is 0.689. The minimum atomic E-state index is -2.57. The van der Waals surface area contributed by atoms with Crippen molar-refractivity contribution in [3.63, 3.8) is 0 Å². The van der Waals surface area contributed by atoms with Crippen LogP contribution in [0.3, 0.4) is 0 Å². The van der Waals surface area contributed by atoms with E-state index < -0.39 is 42.5 Å². The molecule has 0 bridgehead atoms. The van der Waals surface area contributed by atoms with Crippen LogP contribution in [0, 0.1) is 0 Å². The van der Waals surface area contributed by atoms with Crippen molar-refractivity contribution in [2.75, 3.05) is 0 Å². The molecule has 2 nitrogen and oxygen atoms in total. The highest BCUT2D eigenvalue weighted by Crippen LogP contribution is 2.23. The summed E-state index contributed by atoms with van der Waals surface area (Å²) in [6.07, 6.45) is -4.21. The molecule has 0 saturated heterocycles. The van der Waals surface area contributed by atoms with Crippen LogP contribution in [-0.4, -0.2) is 4.98 Å². The van der Waals surface area contributed by atoms with Crippen molar-refractivity contribution in [1.29, 1.82) is 0 Å². The van der Waals surface area contributed by atoms with Crippen molar-refractivity contribution < 1.29 is 9.60 Å². The molecule has 2 aromatic carbocycles. The molecule has 3 aromatic rings. The molecule has 0 spiro atoms. The van der Waals surface area contributed by atoms with E-state index in [-0.39, 0.29) is 23.0 Å². The van der Waals surface area contributed by atoms with Gasteiger partial charge in [-0.25, -0.2) is 4.98 Å². The molecular weight excluding hydrogens is 304 g/mol. The summed E-state index contributed by atoms with van der Waals surface area (Å²) < 4.78 is 58.0. The van der Waals surface area contributed by atoms with Crippen LogP contribution in [0.15, 0.2) is 66.6 Å². The Kier molecular flexibility index (Phi) is 2.97. The van der Waals surface area contributed by atoms with E-state index in [4.69, 9.17) is 26.9 Å². The molecule has 23 heavy (non-hydrogen) atoms. The van der Waals surface area contributed by atoms with Gasteiger partial charge in [-0.05, 0) is 47.2 Å². The summed E-state index contributed by atoms with van der Waals surface area (Å²) in [5.41, 5.74) is 6.50. The highest BCUT2D eigenvalue weighted by Gasteiger charge is 2.04. The zero-order valence-electron chi connectivity index (χ0n) is 19.2. The number of aryl methyl sites for hydroxylation is 1. The van der Waals surface area contributed by atoms with Crippen molar-refractivity contribution in [2.24, 2.45) is 5.73 Å². The number of hydrogen-bond acceptors (Lipinski definition) is 2. The van der Waals surface area contributed by atoms with E-state index in [9.17, 15) is 0 Å². The Morgan fingerprint density at radius 2 is 1.70 bits per heavy atom. The fraction of sp³-hybridized carbons (Fsp3) is 0.150. The zero-order valence-corrected chi connectivity index (χ0v) is 13.0. The largest absolute Gasteiger partial charge is 0.326 e. The average Bonchev–Trinajstić information content (AvgIpc) is 2.72. The van der Waals surface area contributed by atoms with Crippen molar-refractivity contribution in [3.05, 3.63) is 88.6 Å². The first-order chi connectivity index (χ1) is 14.1. The number of nitrogens with zero attached hydrogens (tertiary/aromatic N) is 1. The highest BCUT2D eigenvalue weighted by molar-refractivity contribution is 6.29. The molecule has 1 atom stereocenters. The summed E-state index contributed by atoms with van der Waals surface area (Å²) in [5, 5.41) is 0.0810. The van der Waals surface area contributed by atoms with Crippen LogP contribution in [0.1, 0.15) is 26.4 Å². The lowest BCUT2D eigenvalue weighted by molar-refractivity contribution is 0.912. The number of hydrogen-bond donors (Lipinski definition) is 1. The molecule has 0 aliphatic carbocycles. The van der Waals surface area contributed by atoms with Crippen LogP contribution in [0.25, 0.3) is 11.1 Å². The molecular formula is C20H19ClN2. The van der Waals surface area contributed by atoms with E-state index in [1.165, 1.54) is 0 Å². The lowest BCUT2D eigenvalue weighted by atomic mass is 10.0. The molecule has 0 amide bonds. The predicted molar refractivity (Wildman–Crippen MR) is 96.4 cm³/mol. The first kappa shape index (κ1) is 9.21. The van der Waals surface area contributed by atoms with Crippen molar-refractivity contribution in [3.8, 4) is 11.1 Å². The van der Waals surface area contributed by atoms with Gasteiger partial charge in [-0.3, -0.25) is 0 Å². The van der Waals surface area contributed by atoms with Crippen molar-refractivity contribution >= 4 is 11.6 Å². The molecule has 0 radical (unpaired) electrons. The summed E-state index contributed by atoms with van der Waals surface area (Å²) in [5.74, 6) is 0. The Hall–Kier alpha value is -2.16. The summed E-state index contributed by atoms with van der Waals surface area (Å²) in [4.78, 5) is 4.09. The lowest BCUT2D eigenvalue weighted by Gasteiger charge is -2.07. The molecule has 0 fully saturated rings. The third-order valence-electron chi connectivity index (χ3n) is 3.17. The van der Waals surface area contributed by atoms with E-state index in [2.05, 4.69) is 4.98 Å². The second-order valence-electron chi connectivity index (χ2n) is 4.82. The minimum Gasteiger partial charge on any atom is -0.326 e. The maximum absolute atomic E-state index is 8.53. The minimum absolute atomic E-state index is 0.00155. The highest BCUT2D eigenvalue weighted by atomic mass is 35.5. The van der Waals surface area contributed by atoms with Gasteiger partial charge in [0.25, 0.3) is 0 Å². The lowest BCUT2D eigenvalue weighted by Crippen LogP contribution is -1.98. The van der Waals surface area contributed by atoms with Crippen molar-refractivity contribution in [2.45, 2.75) is 19.3 Å². The molecule has 0 aliphatic rings. The Labute approximate surface area is 151 Å². The van der Waals surface area contributed by atoms with Gasteiger partial charge in [0.1, 0.15) is 5.15 Å². The normalized spacial score (nSPS) is 17.0. The summed E-state index contributed by atoms with van der Waals surface area (Å²) in [6, 6.07) is 10.4. The number of nitrogens with two attached hydrogens (primary N) is 1. The maximum Gasteiger partial charge on any atom is 0.129 e. The van der Waals surface area contributed by atoms with E-state index in [0.29, 0.717) is 5.56 Å². The second-order valence-corrected chi connectivity index (χ2v) is 5.20. The number of benzene rings is 2. The third kappa shape index (κ3) is 4.19. The number of pyridine rings is 1. The first-order valence-electron chi connectivity index (χ1n) is 10.6. The van der Waals surface area contributed by atoms with Crippen molar-refractivity contribution in [1.82, 2.24) is 4.98 Å². The third-order valence-corrected chi connectivity index (χ3v) is 3.36. The molecule has 116 valence electrons. The molecule has 0 saturated carbocycles. The van der Waals surface area contributed by atoms with Gasteiger partial charge >= 0.3 is 0 Å². The molecule has 1 aromatic heterocycles. The number of aromatic nitrogens is 1. The van der Waals surface area contributed by atoms with Crippen LogP contribution < -0.4 is 5.73 Å². The number of halogens is 1. The molecule has 1 heterocycles. The van der Waals surface area contributed by atoms with Gasteiger partial charge < -0.3 is 5.73 Å². The molecule has 3 heteroatoms. The van der Waals surface area contributed by atoms with Gasteiger partial charge in [0, 0.05) is 16.4 Å².